The van der Waals surface area contributed by atoms with Crippen molar-refractivity contribution in [3.63, 3.8) is 0 Å². The van der Waals surface area contributed by atoms with Crippen LogP contribution in [-0.2, 0) is 20.6 Å². The molecule has 3 atom stereocenters. The number of aliphatic hydroxyl groups excluding tert-OH is 1. The Bertz CT molecular complexity index is 828. The van der Waals surface area contributed by atoms with Crippen LogP contribution in [0.5, 0.6) is 0 Å². The van der Waals surface area contributed by atoms with Crippen LogP contribution in [0.1, 0.15) is 38.1 Å². The molecule has 0 bridgehead atoms. The second-order valence-corrected chi connectivity index (χ2v) is 6.90. The fraction of sp³-hybridized carbons (Fsp3) is 0.667. The lowest BCUT2D eigenvalue weighted by molar-refractivity contribution is -0.0558. The molecule has 0 aliphatic carbocycles. The van der Waals surface area contributed by atoms with Crippen molar-refractivity contribution in [1.29, 1.82) is 0 Å². The Labute approximate surface area is 168 Å². The van der Waals surface area contributed by atoms with E-state index in [0.29, 0.717) is 55.9 Å². The van der Waals surface area contributed by atoms with E-state index in [9.17, 15) is 9.90 Å². The minimum Gasteiger partial charge on any atom is -0.450 e. The predicted molar refractivity (Wildman–Crippen MR) is 104 cm³/mol. The van der Waals surface area contributed by atoms with E-state index in [-0.39, 0.29) is 0 Å². The van der Waals surface area contributed by atoms with Crippen LogP contribution in [0.15, 0.2) is 6.33 Å². The van der Waals surface area contributed by atoms with Gasteiger partial charge < -0.3 is 30.4 Å². The van der Waals surface area contributed by atoms with Gasteiger partial charge in [-0.3, -0.25) is 0 Å². The summed E-state index contributed by atoms with van der Waals surface area (Å²) in [5, 5.41) is 18.2. The number of nitrogens with zero attached hydrogens (tertiary/aromatic N) is 4. The van der Waals surface area contributed by atoms with Gasteiger partial charge >= 0.3 is 6.09 Å². The largest absolute Gasteiger partial charge is 0.450 e. The number of aliphatic hydroxyl groups is 1. The molecule has 3 heterocycles. The van der Waals surface area contributed by atoms with Crippen LogP contribution in [0.2, 0.25) is 0 Å². The summed E-state index contributed by atoms with van der Waals surface area (Å²) in [4.78, 5) is 19.9. The van der Waals surface area contributed by atoms with Crippen LogP contribution in [0.3, 0.4) is 0 Å². The van der Waals surface area contributed by atoms with Gasteiger partial charge in [-0.05, 0) is 19.3 Å². The summed E-state index contributed by atoms with van der Waals surface area (Å²) >= 11 is 0. The maximum Gasteiger partial charge on any atom is 0.407 e. The van der Waals surface area contributed by atoms with Gasteiger partial charge in [0.25, 0.3) is 0 Å². The molecule has 11 heteroatoms. The standard InChI is InChI=1S/C18H28N6O5/c1-3-7-28-18(26)20-6-4-5-11-15-16(19)21-10-22-17(15)24(23-11)14-8-12(25)13(29-14)9-27-2/h10,12-14,25H,3-9H2,1-2H3,(H,20,26)(H2,19,21,22). The normalized spacial score (nSPS) is 21.6. The van der Waals surface area contributed by atoms with Crippen LogP contribution in [-0.4, -0.2) is 70.0 Å². The molecule has 29 heavy (non-hydrogen) atoms. The highest BCUT2D eigenvalue weighted by molar-refractivity contribution is 5.88. The molecule has 4 N–H and O–H groups in total. The Morgan fingerprint density at radius 1 is 1.48 bits per heavy atom. The first-order chi connectivity index (χ1) is 14.0. The van der Waals surface area contributed by atoms with Crippen LogP contribution < -0.4 is 11.1 Å². The van der Waals surface area contributed by atoms with E-state index in [2.05, 4.69) is 20.4 Å². The topological polar surface area (TPSA) is 147 Å². The molecule has 2 aromatic heterocycles. The van der Waals surface area contributed by atoms with Crippen molar-refractivity contribution in [2.24, 2.45) is 0 Å². The van der Waals surface area contributed by atoms with Crippen molar-refractivity contribution in [2.75, 3.05) is 32.6 Å². The average molecular weight is 408 g/mol. The molecule has 0 spiro atoms. The summed E-state index contributed by atoms with van der Waals surface area (Å²) in [5.41, 5.74) is 7.35. The summed E-state index contributed by atoms with van der Waals surface area (Å²) in [7, 11) is 1.56. The van der Waals surface area contributed by atoms with Crippen molar-refractivity contribution >= 4 is 22.9 Å². The number of aryl methyl sites for hydroxylation is 1. The Balaban J connectivity index is 1.71. The van der Waals surface area contributed by atoms with Gasteiger partial charge in [0.15, 0.2) is 11.9 Å². The Kier molecular flexibility index (Phi) is 7.18. The summed E-state index contributed by atoms with van der Waals surface area (Å²) in [6.07, 6.45) is 1.75. The number of nitrogens with two attached hydrogens (primary N) is 1. The van der Waals surface area contributed by atoms with E-state index in [4.69, 9.17) is 19.9 Å². The van der Waals surface area contributed by atoms with Crippen molar-refractivity contribution in [3.05, 3.63) is 12.0 Å². The molecule has 1 fully saturated rings. The number of fused-ring (bicyclic) bond motifs is 1. The lowest BCUT2D eigenvalue weighted by Gasteiger charge is -2.14. The van der Waals surface area contributed by atoms with Gasteiger partial charge in [0.1, 0.15) is 18.2 Å². The molecule has 1 amide bonds. The second-order valence-electron chi connectivity index (χ2n) is 6.90. The Morgan fingerprint density at radius 3 is 3.07 bits per heavy atom. The molecule has 160 valence electrons. The average Bonchev–Trinajstić information content (AvgIpc) is 3.25. The molecule has 11 nitrogen and oxygen atoms in total. The Morgan fingerprint density at radius 2 is 2.31 bits per heavy atom. The number of carbonyl (C=O) groups excluding carboxylic acids is 1. The third kappa shape index (κ3) is 4.92. The minimum atomic E-state index is -0.653. The predicted octanol–water partition coefficient (Wildman–Crippen LogP) is 0.772. The van der Waals surface area contributed by atoms with Gasteiger partial charge in [-0.15, -0.1) is 0 Å². The highest BCUT2D eigenvalue weighted by atomic mass is 16.6. The lowest BCUT2D eigenvalue weighted by Crippen LogP contribution is -2.26. The van der Waals surface area contributed by atoms with E-state index in [0.717, 1.165) is 12.1 Å². The number of anilines is 1. The minimum absolute atomic E-state index is 0.292. The number of hydrogen-bond acceptors (Lipinski definition) is 9. The molecule has 0 saturated carbocycles. The zero-order valence-electron chi connectivity index (χ0n) is 16.7. The SMILES string of the molecule is CCCOC(=O)NCCCc1nn(C2CC(O)C(COC)O2)c2ncnc(N)c12. The van der Waals surface area contributed by atoms with Crippen LogP contribution in [0.4, 0.5) is 10.6 Å². The highest BCUT2D eigenvalue weighted by Crippen LogP contribution is 2.32. The zero-order chi connectivity index (χ0) is 20.8. The van der Waals surface area contributed by atoms with Gasteiger partial charge in [0, 0.05) is 20.1 Å². The maximum atomic E-state index is 11.5. The number of nitrogen functional groups attached to an aromatic ring is 1. The number of hydrogen-bond donors (Lipinski definition) is 3. The highest BCUT2D eigenvalue weighted by Gasteiger charge is 2.36. The molecule has 1 aliphatic rings. The number of alkyl carbamates (subject to hydrolysis) is 1. The van der Waals surface area contributed by atoms with Crippen LogP contribution in [0.25, 0.3) is 11.0 Å². The molecular formula is C18H28N6O5. The molecule has 1 saturated heterocycles. The number of methoxy groups -OCH3 is 1. The van der Waals surface area contributed by atoms with Crippen LogP contribution >= 0.6 is 0 Å². The van der Waals surface area contributed by atoms with E-state index in [1.54, 1.807) is 11.8 Å². The molecule has 0 aromatic carbocycles. The molecule has 0 radical (unpaired) electrons. The number of ether oxygens (including phenoxy) is 3. The van der Waals surface area contributed by atoms with Crippen LogP contribution in [0, 0.1) is 0 Å². The fourth-order valence-electron chi connectivity index (χ4n) is 3.31. The quantitative estimate of drug-likeness (QED) is 0.512. The van der Waals surface area contributed by atoms with Gasteiger partial charge in [0.2, 0.25) is 0 Å². The fourth-order valence-corrected chi connectivity index (χ4v) is 3.31. The monoisotopic (exact) mass is 408 g/mol. The molecular weight excluding hydrogens is 380 g/mol. The number of aromatic nitrogens is 4. The lowest BCUT2D eigenvalue weighted by atomic mass is 10.2. The van der Waals surface area contributed by atoms with E-state index in [1.165, 1.54) is 6.33 Å². The number of nitrogens with one attached hydrogen (secondary N) is 1. The summed E-state index contributed by atoms with van der Waals surface area (Å²) in [6.45, 7) is 3.07. The van der Waals surface area contributed by atoms with Crippen molar-refractivity contribution in [1.82, 2.24) is 25.1 Å². The summed E-state index contributed by atoms with van der Waals surface area (Å²) in [5.74, 6) is 0.332. The van der Waals surface area contributed by atoms with E-state index in [1.807, 2.05) is 6.92 Å². The molecule has 1 aliphatic heterocycles. The third-order valence-electron chi connectivity index (χ3n) is 4.70. The summed E-state index contributed by atoms with van der Waals surface area (Å²) < 4.78 is 17.6. The first-order valence-electron chi connectivity index (χ1n) is 9.75. The van der Waals surface area contributed by atoms with Crippen molar-refractivity contribution in [3.8, 4) is 0 Å². The number of rotatable bonds is 9. The second kappa shape index (κ2) is 9.81. The maximum absolute atomic E-state index is 11.5. The first kappa shape index (κ1) is 21.2. The van der Waals surface area contributed by atoms with E-state index >= 15 is 0 Å². The third-order valence-corrected chi connectivity index (χ3v) is 4.70. The van der Waals surface area contributed by atoms with E-state index < -0.39 is 24.5 Å². The smallest absolute Gasteiger partial charge is 0.407 e. The Hall–Kier alpha value is -2.50. The van der Waals surface area contributed by atoms with Crippen molar-refractivity contribution in [2.45, 2.75) is 51.0 Å². The molecule has 3 unspecified atom stereocenters. The molecule has 3 rings (SSSR count). The van der Waals surface area contributed by atoms with Gasteiger partial charge in [-0.1, -0.05) is 6.92 Å². The first-order valence-corrected chi connectivity index (χ1v) is 9.75. The van der Waals surface area contributed by atoms with Gasteiger partial charge in [0.05, 0.1) is 30.4 Å². The van der Waals surface area contributed by atoms with Gasteiger partial charge in [-0.25, -0.2) is 19.4 Å². The van der Waals surface area contributed by atoms with Gasteiger partial charge in [-0.2, -0.15) is 5.10 Å². The molecule has 2 aromatic rings. The summed E-state index contributed by atoms with van der Waals surface area (Å²) in [6, 6.07) is 0. The number of carbonyl (C=O) groups is 1. The van der Waals surface area contributed by atoms with Crippen molar-refractivity contribution < 1.29 is 24.1 Å². The zero-order valence-corrected chi connectivity index (χ0v) is 16.7. The number of amides is 1.